The van der Waals surface area contributed by atoms with Crippen molar-refractivity contribution in [2.75, 3.05) is 13.1 Å². The Morgan fingerprint density at radius 2 is 2.21 bits per heavy atom. The van der Waals surface area contributed by atoms with Crippen LogP contribution in [0.1, 0.15) is 31.6 Å². The van der Waals surface area contributed by atoms with Gasteiger partial charge in [0.15, 0.2) is 0 Å². The Bertz CT molecular complexity index is 468. The van der Waals surface area contributed by atoms with Crippen LogP contribution < -0.4 is 0 Å². The number of hydrogen-bond acceptors (Lipinski definition) is 4. The molecule has 0 saturated heterocycles. The van der Waals surface area contributed by atoms with Crippen LogP contribution in [0.25, 0.3) is 6.08 Å². The molecule has 0 unspecified atom stereocenters. The number of rotatable bonds is 7. The normalized spacial score (nSPS) is 10.8. The SMILES string of the molecule is CCCCN(CC)C(=O)/C=C/c1ccc([N+](=O)[O-])s1. The molecule has 0 radical (unpaired) electrons. The van der Waals surface area contributed by atoms with E-state index in [0.717, 1.165) is 30.7 Å². The average molecular weight is 282 g/mol. The van der Waals surface area contributed by atoms with Gasteiger partial charge in [0.25, 0.3) is 0 Å². The van der Waals surface area contributed by atoms with Crippen LogP contribution in [0.3, 0.4) is 0 Å². The smallest absolute Gasteiger partial charge is 0.324 e. The topological polar surface area (TPSA) is 63.5 Å². The summed E-state index contributed by atoms with van der Waals surface area (Å²) in [4.78, 5) is 24.5. The molecular weight excluding hydrogens is 264 g/mol. The summed E-state index contributed by atoms with van der Waals surface area (Å²) in [5.74, 6) is -0.0491. The number of nitro groups is 1. The Hall–Kier alpha value is -1.69. The van der Waals surface area contributed by atoms with Gasteiger partial charge in [-0.05, 0) is 25.5 Å². The first-order valence-electron chi connectivity index (χ1n) is 6.29. The van der Waals surface area contributed by atoms with Gasteiger partial charge in [-0.25, -0.2) is 0 Å². The van der Waals surface area contributed by atoms with Crippen LogP contribution in [0.2, 0.25) is 0 Å². The van der Waals surface area contributed by atoms with E-state index in [1.807, 2.05) is 6.92 Å². The third-order valence-electron chi connectivity index (χ3n) is 2.66. The van der Waals surface area contributed by atoms with Crippen molar-refractivity contribution in [3.63, 3.8) is 0 Å². The first-order chi connectivity index (χ1) is 9.08. The summed E-state index contributed by atoms with van der Waals surface area (Å²) < 4.78 is 0. The van der Waals surface area contributed by atoms with Crippen molar-refractivity contribution in [2.45, 2.75) is 26.7 Å². The maximum absolute atomic E-state index is 11.9. The Balaban J connectivity index is 2.63. The molecule has 0 spiro atoms. The van der Waals surface area contributed by atoms with Crippen LogP contribution >= 0.6 is 11.3 Å². The lowest BCUT2D eigenvalue weighted by molar-refractivity contribution is -0.380. The summed E-state index contributed by atoms with van der Waals surface area (Å²) in [6.45, 7) is 5.45. The van der Waals surface area contributed by atoms with E-state index in [1.54, 1.807) is 17.0 Å². The van der Waals surface area contributed by atoms with Gasteiger partial charge in [-0.3, -0.25) is 14.9 Å². The summed E-state index contributed by atoms with van der Waals surface area (Å²) in [6.07, 6.45) is 5.14. The summed E-state index contributed by atoms with van der Waals surface area (Å²) in [6, 6.07) is 3.10. The first-order valence-corrected chi connectivity index (χ1v) is 7.11. The Morgan fingerprint density at radius 3 is 2.74 bits per heavy atom. The lowest BCUT2D eigenvalue weighted by Gasteiger charge is -2.18. The van der Waals surface area contributed by atoms with Crippen LogP contribution in [0.15, 0.2) is 18.2 Å². The van der Waals surface area contributed by atoms with Gasteiger partial charge in [-0.15, -0.1) is 0 Å². The zero-order valence-electron chi connectivity index (χ0n) is 11.2. The number of unbranched alkanes of at least 4 members (excludes halogenated alkanes) is 1. The van der Waals surface area contributed by atoms with Crippen LogP contribution in [-0.4, -0.2) is 28.8 Å². The van der Waals surface area contributed by atoms with Gasteiger partial charge < -0.3 is 4.90 Å². The lowest BCUT2D eigenvalue weighted by atomic mass is 10.3. The van der Waals surface area contributed by atoms with Gasteiger partial charge in [0.05, 0.1) is 4.92 Å². The summed E-state index contributed by atoms with van der Waals surface area (Å²) in [7, 11) is 0. The zero-order valence-corrected chi connectivity index (χ0v) is 12.0. The Morgan fingerprint density at radius 1 is 1.47 bits per heavy atom. The number of likely N-dealkylation sites (N-methyl/N-ethyl adjacent to an activating group) is 1. The number of hydrogen-bond donors (Lipinski definition) is 0. The first kappa shape index (κ1) is 15.4. The van der Waals surface area contributed by atoms with Gasteiger partial charge in [0.1, 0.15) is 0 Å². The highest BCUT2D eigenvalue weighted by Crippen LogP contribution is 2.24. The highest BCUT2D eigenvalue weighted by atomic mass is 32.1. The van der Waals surface area contributed by atoms with E-state index in [0.29, 0.717) is 11.4 Å². The molecule has 0 aromatic carbocycles. The molecule has 0 aliphatic rings. The van der Waals surface area contributed by atoms with E-state index in [2.05, 4.69) is 6.92 Å². The highest BCUT2D eigenvalue weighted by molar-refractivity contribution is 7.16. The van der Waals surface area contributed by atoms with Gasteiger partial charge in [0.2, 0.25) is 5.91 Å². The minimum Gasteiger partial charge on any atom is -0.339 e. The molecule has 0 fully saturated rings. The summed E-state index contributed by atoms with van der Waals surface area (Å²) in [5, 5.41) is 10.6. The molecule has 104 valence electrons. The van der Waals surface area contributed by atoms with E-state index in [4.69, 9.17) is 0 Å². The number of nitrogens with zero attached hydrogens (tertiary/aromatic N) is 2. The monoisotopic (exact) mass is 282 g/mol. The molecule has 0 aliphatic carbocycles. The Labute approximate surface area is 116 Å². The lowest BCUT2D eigenvalue weighted by Crippen LogP contribution is -2.30. The van der Waals surface area contributed by atoms with Gasteiger partial charge in [0, 0.05) is 30.1 Å². The largest absolute Gasteiger partial charge is 0.339 e. The third-order valence-corrected chi connectivity index (χ3v) is 3.66. The van der Waals surface area contributed by atoms with E-state index < -0.39 is 4.92 Å². The van der Waals surface area contributed by atoms with Crippen LogP contribution in [0.5, 0.6) is 0 Å². The molecular formula is C13H18N2O3S. The zero-order chi connectivity index (χ0) is 14.3. The van der Waals surface area contributed by atoms with Gasteiger partial charge >= 0.3 is 5.00 Å². The molecule has 1 rings (SSSR count). The molecule has 0 N–H and O–H groups in total. The van der Waals surface area contributed by atoms with E-state index >= 15 is 0 Å². The molecule has 1 heterocycles. The predicted molar refractivity (Wildman–Crippen MR) is 77.2 cm³/mol. The number of thiophene rings is 1. The van der Waals surface area contributed by atoms with Crippen molar-refractivity contribution in [1.29, 1.82) is 0 Å². The fourth-order valence-corrected chi connectivity index (χ4v) is 2.29. The minimum atomic E-state index is -0.427. The number of amides is 1. The molecule has 0 atom stereocenters. The molecule has 1 amide bonds. The molecule has 0 bridgehead atoms. The minimum absolute atomic E-state index is 0.0491. The molecule has 1 aromatic rings. The highest BCUT2D eigenvalue weighted by Gasteiger charge is 2.10. The van der Waals surface area contributed by atoms with Crippen molar-refractivity contribution < 1.29 is 9.72 Å². The molecule has 0 saturated carbocycles. The predicted octanol–water partition coefficient (Wildman–Crippen LogP) is 3.32. The van der Waals surface area contributed by atoms with Crippen molar-refractivity contribution in [3.05, 3.63) is 33.2 Å². The average Bonchev–Trinajstić information content (AvgIpc) is 2.86. The van der Waals surface area contributed by atoms with Crippen molar-refractivity contribution in [2.24, 2.45) is 0 Å². The molecule has 0 aliphatic heterocycles. The summed E-state index contributed by atoms with van der Waals surface area (Å²) in [5.41, 5.74) is 0. The van der Waals surface area contributed by atoms with E-state index in [-0.39, 0.29) is 10.9 Å². The standard InChI is InChI=1S/C13H18N2O3S/c1-3-5-10-14(4-2)12(16)8-6-11-7-9-13(19-11)15(17)18/h6-9H,3-5,10H2,1-2H3/b8-6+. The fraction of sp³-hybridized carbons (Fsp3) is 0.462. The van der Waals surface area contributed by atoms with Crippen LogP contribution in [-0.2, 0) is 4.79 Å². The number of carbonyl (C=O) groups is 1. The molecule has 19 heavy (non-hydrogen) atoms. The van der Waals surface area contributed by atoms with Crippen molar-refractivity contribution in [3.8, 4) is 0 Å². The second kappa shape index (κ2) is 7.68. The molecule has 5 nitrogen and oxygen atoms in total. The van der Waals surface area contributed by atoms with E-state index in [1.165, 1.54) is 12.1 Å². The quantitative estimate of drug-likeness (QED) is 0.438. The summed E-state index contributed by atoms with van der Waals surface area (Å²) >= 11 is 1.06. The molecule has 6 heteroatoms. The van der Waals surface area contributed by atoms with Gasteiger partial charge in [-0.1, -0.05) is 24.7 Å². The maximum atomic E-state index is 11.9. The van der Waals surface area contributed by atoms with Crippen LogP contribution in [0.4, 0.5) is 5.00 Å². The fourth-order valence-electron chi connectivity index (χ4n) is 1.56. The van der Waals surface area contributed by atoms with Crippen molar-refractivity contribution in [1.82, 2.24) is 4.90 Å². The Kier molecular flexibility index (Phi) is 6.21. The second-order valence-electron chi connectivity index (χ2n) is 4.04. The third kappa shape index (κ3) is 4.82. The second-order valence-corrected chi connectivity index (χ2v) is 5.13. The van der Waals surface area contributed by atoms with Gasteiger partial charge in [-0.2, -0.15) is 0 Å². The van der Waals surface area contributed by atoms with Crippen LogP contribution in [0, 0.1) is 10.1 Å². The van der Waals surface area contributed by atoms with E-state index in [9.17, 15) is 14.9 Å². The number of carbonyl (C=O) groups excluding carboxylic acids is 1. The van der Waals surface area contributed by atoms with Crippen molar-refractivity contribution >= 4 is 28.3 Å². The maximum Gasteiger partial charge on any atom is 0.324 e. The molecule has 1 aromatic heterocycles.